The molecule has 0 unspecified atom stereocenters. The van der Waals surface area contributed by atoms with Gasteiger partial charge < -0.3 is 14.5 Å². The van der Waals surface area contributed by atoms with E-state index >= 15 is 0 Å². The number of fused-ring (bicyclic) bond motifs is 3. The maximum Gasteiger partial charge on any atom is 0.248 e. The molecular formula is C25H22N2O5S. The van der Waals surface area contributed by atoms with Gasteiger partial charge in [0, 0.05) is 29.0 Å². The molecule has 0 radical (unpaired) electrons. The van der Waals surface area contributed by atoms with Crippen LogP contribution in [0.3, 0.4) is 0 Å². The summed E-state index contributed by atoms with van der Waals surface area (Å²) in [5, 5.41) is 4.69. The third-order valence-electron chi connectivity index (χ3n) is 5.47. The molecule has 1 aromatic heterocycles. The number of hydrogen-bond acceptors (Lipinski definition) is 5. The van der Waals surface area contributed by atoms with Crippen LogP contribution >= 0.6 is 0 Å². The number of carbonyl (C=O) groups excluding carboxylic acids is 1. The molecule has 1 fully saturated rings. The lowest BCUT2D eigenvalue weighted by atomic mass is 10.1. The normalized spacial score (nSPS) is 14.2. The van der Waals surface area contributed by atoms with E-state index in [9.17, 15) is 13.2 Å². The third-order valence-corrected chi connectivity index (χ3v) is 7.01. The maximum absolute atomic E-state index is 12.5. The lowest BCUT2D eigenvalue weighted by Gasteiger charge is -2.09. The number of sulfonamides is 1. The molecule has 33 heavy (non-hydrogen) atoms. The summed E-state index contributed by atoms with van der Waals surface area (Å²) in [6, 6.07) is 17.7. The van der Waals surface area contributed by atoms with Gasteiger partial charge in [-0.2, -0.15) is 0 Å². The summed E-state index contributed by atoms with van der Waals surface area (Å²) in [4.78, 5) is 12.7. The molecule has 7 nitrogen and oxygen atoms in total. The summed E-state index contributed by atoms with van der Waals surface area (Å²) in [6.07, 6.45) is 4.76. The van der Waals surface area contributed by atoms with Crippen LogP contribution in [0.1, 0.15) is 18.4 Å². The average Bonchev–Trinajstić information content (AvgIpc) is 3.54. The molecule has 4 aromatic rings. The van der Waals surface area contributed by atoms with Gasteiger partial charge in [0.1, 0.15) is 16.9 Å². The molecule has 1 aliphatic carbocycles. The fraction of sp³-hybridized carbons (Fsp3) is 0.160. The predicted molar refractivity (Wildman–Crippen MR) is 128 cm³/mol. The van der Waals surface area contributed by atoms with Crippen LogP contribution in [0.15, 0.2) is 76.1 Å². The molecule has 0 atom stereocenters. The molecule has 0 saturated heterocycles. The smallest absolute Gasteiger partial charge is 0.248 e. The van der Waals surface area contributed by atoms with Crippen LogP contribution in [0.2, 0.25) is 0 Å². The van der Waals surface area contributed by atoms with Crippen molar-refractivity contribution < 1.29 is 22.4 Å². The average molecular weight is 463 g/mol. The van der Waals surface area contributed by atoms with Gasteiger partial charge in [-0.15, -0.1) is 0 Å². The number of rotatable bonds is 7. The van der Waals surface area contributed by atoms with Crippen LogP contribution < -0.4 is 14.8 Å². The minimum absolute atomic E-state index is 0.0500. The van der Waals surface area contributed by atoms with Crippen LogP contribution in [0.4, 0.5) is 5.69 Å². The van der Waals surface area contributed by atoms with Crippen LogP contribution in [-0.4, -0.2) is 27.5 Å². The fourth-order valence-corrected chi connectivity index (χ4v) is 4.92. The summed E-state index contributed by atoms with van der Waals surface area (Å²) in [7, 11) is -1.95. The second-order valence-corrected chi connectivity index (χ2v) is 9.65. The first-order valence-electron chi connectivity index (χ1n) is 10.5. The van der Waals surface area contributed by atoms with E-state index in [1.54, 1.807) is 31.4 Å². The Hall–Kier alpha value is -3.62. The third kappa shape index (κ3) is 4.48. The van der Waals surface area contributed by atoms with Gasteiger partial charge in [-0.1, -0.05) is 30.3 Å². The Bertz CT molecular complexity index is 1480. The molecule has 8 heteroatoms. The van der Waals surface area contributed by atoms with Gasteiger partial charge in [-0.3, -0.25) is 4.79 Å². The molecule has 0 bridgehead atoms. The van der Waals surface area contributed by atoms with Crippen molar-refractivity contribution in [2.75, 3.05) is 12.4 Å². The number of anilines is 1. The van der Waals surface area contributed by atoms with Crippen molar-refractivity contribution in [3.63, 3.8) is 0 Å². The first kappa shape index (κ1) is 21.2. The highest BCUT2D eigenvalue weighted by atomic mass is 32.2. The summed E-state index contributed by atoms with van der Waals surface area (Å²) in [6.45, 7) is 0. The van der Waals surface area contributed by atoms with Gasteiger partial charge >= 0.3 is 0 Å². The van der Waals surface area contributed by atoms with Crippen LogP contribution in [0.5, 0.6) is 5.75 Å². The highest BCUT2D eigenvalue weighted by Crippen LogP contribution is 2.36. The molecule has 0 spiro atoms. The van der Waals surface area contributed by atoms with E-state index in [4.69, 9.17) is 9.15 Å². The highest BCUT2D eigenvalue weighted by Gasteiger charge is 2.27. The summed E-state index contributed by atoms with van der Waals surface area (Å²) in [5.74, 6) is 0.171. The van der Waals surface area contributed by atoms with Crippen LogP contribution in [0.25, 0.3) is 28.0 Å². The molecular weight excluding hydrogens is 440 g/mol. The molecule has 168 valence electrons. The van der Waals surface area contributed by atoms with Gasteiger partial charge in [-0.25, -0.2) is 13.1 Å². The van der Waals surface area contributed by atoms with Gasteiger partial charge in [0.05, 0.1) is 17.7 Å². The van der Waals surface area contributed by atoms with E-state index in [0.29, 0.717) is 22.6 Å². The number of para-hydroxylation sites is 1. The minimum atomic E-state index is -3.50. The van der Waals surface area contributed by atoms with E-state index < -0.39 is 10.0 Å². The monoisotopic (exact) mass is 462 g/mol. The summed E-state index contributed by atoms with van der Waals surface area (Å²) >= 11 is 0. The molecule has 1 heterocycles. The maximum atomic E-state index is 12.5. The highest BCUT2D eigenvalue weighted by molar-refractivity contribution is 7.89. The standard InChI is InChI=1S/C25H22N2O5S/c1-31-24-14-20-19-4-2-3-5-22(19)32-23(20)15-21(24)26-25(28)13-8-16-6-11-18(12-7-16)33(29,30)27-17-9-10-17/h2-8,11-15,17,27H,9-10H2,1H3,(H,26,28)/b13-8+. The van der Waals surface area contributed by atoms with Crippen molar-refractivity contribution in [2.24, 2.45) is 0 Å². The molecule has 1 saturated carbocycles. The number of benzene rings is 3. The first-order chi connectivity index (χ1) is 15.9. The van der Waals surface area contributed by atoms with Gasteiger partial charge in [0.15, 0.2) is 0 Å². The predicted octanol–water partition coefficient (Wildman–Crippen LogP) is 4.69. The fourth-order valence-electron chi connectivity index (χ4n) is 3.61. The lowest BCUT2D eigenvalue weighted by Crippen LogP contribution is -2.25. The lowest BCUT2D eigenvalue weighted by molar-refractivity contribution is -0.111. The molecule has 3 aromatic carbocycles. The van der Waals surface area contributed by atoms with Crippen molar-refractivity contribution in [2.45, 2.75) is 23.8 Å². The van der Waals surface area contributed by atoms with Gasteiger partial charge in [-0.05, 0) is 48.7 Å². The van der Waals surface area contributed by atoms with E-state index in [-0.39, 0.29) is 16.8 Å². The van der Waals surface area contributed by atoms with E-state index in [1.165, 1.54) is 18.2 Å². The Kier molecular flexibility index (Phi) is 5.39. The van der Waals surface area contributed by atoms with Crippen molar-refractivity contribution in [3.8, 4) is 5.75 Å². The van der Waals surface area contributed by atoms with Crippen molar-refractivity contribution in [1.29, 1.82) is 0 Å². The van der Waals surface area contributed by atoms with Crippen molar-refractivity contribution >= 4 is 49.6 Å². The van der Waals surface area contributed by atoms with Crippen molar-refractivity contribution in [1.82, 2.24) is 4.72 Å². The summed E-state index contributed by atoms with van der Waals surface area (Å²) < 4.78 is 38.5. The Morgan fingerprint density at radius 1 is 1.03 bits per heavy atom. The Morgan fingerprint density at radius 3 is 2.52 bits per heavy atom. The van der Waals surface area contributed by atoms with E-state index in [0.717, 1.165) is 29.2 Å². The van der Waals surface area contributed by atoms with Crippen molar-refractivity contribution in [3.05, 3.63) is 72.3 Å². The first-order valence-corrected chi connectivity index (χ1v) is 12.0. The Labute approximate surface area is 191 Å². The second kappa shape index (κ2) is 8.38. The zero-order valence-electron chi connectivity index (χ0n) is 17.9. The number of hydrogen-bond donors (Lipinski definition) is 2. The number of furan rings is 1. The summed E-state index contributed by atoms with van der Waals surface area (Å²) in [5.41, 5.74) is 2.60. The van der Waals surface area contributed by atoms with E-state index in [2.05, 4.69) is 10.0 Å². The molecule has 1 amide bonds. The number of ether oxygens (including phenoxy) is 1. The zero-order chi connectivity index (χ0) is 23.0. The molecule has 0 aliphatic heterocycles. The Morgan fingerprint density at radius 2 is 1.79 bits per heavy atom. The Balaban J connectivity index is 1.32. The number of nitrogens with one attached hydrogen (secondary N) is 2. The number of amides is 1. The molecule has 1 aliphatic rings. The minimum Gasteiger partial charge on any atom is -0.495 e. The SMILES string of the molecule is COc1cc2c(cc1NC(=O)/C=C/c1ccc(S(=O)(=O)NC3CC3)cc1)oc1ccccc12. The van der Waals surface area contributed by atoms with Gasteiger partial charge in [0.2, 0.25) is 15.9 Å². The van der Waals surface area contributed by atoms with Gasteiger partial charge in [0.25, 0.3) is 0 Å². The topological polar surface area (TPSA) is 97.6 Å². The number of methoxy groups -OCH3 is 1. The molecule has 2 N–H and O–H groups in total. The number of carbonyl (C=O) groups is 1. The van der Waals surface area contributed by atoms with Crippen LogP contribution in [-0.2, 0) is 14.8 Å². The quantitative estimate of drug-likeness (QED) is 0.389. The zero-order valence-corrected chi connectivity index (χ0v) is 18.7. The largest absolute Gasteiger partial charge is 0.495 e. The molecule has 5 rings (SSSR count). The second-order valence-electron chi connectivity index (χ2n) is 7.93. The van der Waals surface area contributed by atoms with E-state index in [1.807, 2.05) is 30.3 Å². The van der Waals surface area contributed by atoms with Crippen LogP contribution in [0, 0.1) is 0 Å².